The van der Waals surface area contributed by atoms with Gasteiger partial charge in [-0.05, 0) is 42.9 Å². The maximum atomic E-state index is 12.9. The highest BCUT2D eigenvalue weighted by atomic mass is 19.1. The second kappa shape index (κ2) is 10.2. The molecule has 1 aliphatic rings. The fourth-order valence-electron chi connectivity index (χ4n) is 3.14. The third kappa shape index (κ3) is 6.85. The summed E-state index contributed by atoms with van der Waals surface area (Å²) in [6, 6.07) is 6.35. The normalized spacial score (nSPS) is 16.2. The molecule has 1 aromatic carbocycles. The molecule has 1 aromatic rings. The van der Waals surface area contributed by atoms with E-state index in [-0.39, 0.29) is 23.5 Å². The quantitative estimate of drug-likeness (QED) is 0.818. The highest BCUT2D eigenvalue weighted by molar-refractivity contribution is 5.79. The van der Waals surface area contributed by atoms with Crippen LogP contribution in [-0.4, -0.2) is 36.3 Å². The van der Waals surface area contributed by atoms with Crippen molar-refractivity contribution in [2.75, 3.05) is 19.6 Å². The zero-order valence-electron chi connectivity index (χ0n) is 15.1. The van der Waals surface area contributed by atoms with Crippen LogP contribution in [-0.2, 0) is 9.59 Å². The first kappa shape index (κ1) is 19.4. The van der Waals surface area contributed by atoms with E-state index in [1.807, 2.05) is 11.8 Å². The highest BCUT2D eigenvalue weighted by Gasteiger charge is 2.15. The van der Waals surface area contributed by atoms with Crippen LogP contribution in [0, 0.1) is 5.82 Å². The lowest BCUT2D eigenvalue weighted by atomic mass is 10.0. The number of halogens is 1. The fourth-order valence-corrected chi connectivity index (χ4v) is 3.14. The molecule has 2 rings (SSSR count). The van der Waals surface area contributed by atoms with Gasteiger partial charge in [-0.3, -0.25) is 9.59 Å². The summed E-state index contributed by atoms with van der Waals surface area (Å²) in [7, 11) is 0. The standard InChI is InChI=1S/C20H29FN2O2/c1-16(17-9-11-18(21)12-10-17)15-22-19(24)7-6-8-20(25)23-13-4-2-3-5-14-23/h9-12,16H,2-8,13-15H2,1H3,(H,22,24). The lowest BCUT2D eigenvalue weighted by molar-refractivity contribution is -0.131. The molecule has 4 nitrogen and oxygen atoms in total. The number of amides is 2. The Hall–Kier alpha value is -1.91. The van der Waals surface area contributed by atoms with Crippen molar-refractivity contribution >= 4 is 11.8 Å². The van der Waals surface area contributed by atoms with E-state index in [2.05, 4.69) is 5.32 Å². The molecule has 0 aromatic heterocycles. The Balaban J connectivity index is 1.63. The maximum absolute atomic E-state index is 12.9. The van der Waals surface area contributed by atoms with Crippen LogP contribution in [0.1, 0.15) is 63.4 Å². The van der Waals surface area contributed by atoms with Gasteiger partial charge in [0, 0.05) is 32.5 Å². The zero-order chi connectivity index (χ0) is 18.1. The number of nitrogens with zero attached hydrogens (tertiary/aromatic N) is 1. The maximum Gasteiger partial charge on any atom is 0.222 e. The molecule has 1 atom stereocenters. The number of rotatable bonds is 7. The van der Waals surface area contributed by atoms with Crippen molar-refractivity contribution in [1.29, 1.82) is 0 Å². The first-order chi connectivity index (χ1) is 12.1. The van der Waals surface area contributed by atoms with Gasteiger partial charge in [-0.15, -0.1) is 0 Å². The van der Waals surface area contributed by atoms with E-state index in [9.17, 15) is 14.0 Å². The molecule has 5 heteroatoms. The minimum atomic E-state index is -0.255. The van der Waals surface area contributed by atoms with Gasteiger partial charge in [-0.25, -0.2) is 4.39 Å². The van der Waals surface area contributed by atoms with Crippen molar-refractivity contribution in [2.24, 2.45) is 0 Å². The van der Waals surface area contributed by atoms with Gasteiger partial charge in [0.25, 0.3) is 0 Å². The molecular weight excluding hydrogens is 319 g/mol. The van der Waals surface area contributed by atoms with Gasteiger partial charge < -0.3 is 10.2 Å². The summed E-state index contributed by atoms with van der Waals surface area (Å²) >= 11 is 0. The average Bonchev–Trinajstić information content (AvgIpc) is 2.89. The van der Waals surface area contributed by atoms with Gasteiger partial charge in [0.2, 0.25) is 11.8 Å². The van der Waals surface area contributed by atoms with E-state index in [0.29, 0.717) is 25.8 Å². The minimum absolute atomic E-state index is 0.0300. The van der Waals surface area contributed by atoms with Gasteiger partial charge in [-0.2, -0.15) is 0 Å². The first-order valence-electron chi connectivity index (χ1n) is 9.36. The summed E-state index contributed by atoms with van der Waals surface area (Å²) in [5, 5.41) is 2.90. The molecule has 1 saturated heterocycles. The van der Waals surface area contributed by atoms with Gasteiger partial charge >= 0.3 is 0 Å². The number of hydrogen-bond donors (Lipinski definition) is 1. The summed E-state index contributed by atoms with van der Waals surface area (Å²) in [4.78, 5) is 26.1. The second-order valence-electron chi connectivity index (χ2n) is 6.91. The van der Waals surface area contributed by atoms with Crippen LogP contribution in [0.15, 0.2) is 24.3 Å². The topological polar surface area (TPSA) is 49.4 Å². The first-order valence-corrected chi connectivity index (χ1v) is 9.36. The van der Waals surface area contributed by atoms with E-state index in [1.54, 1.807) is 12.1 Å². The van der Waals surface area contributed by atoms with E-state index >= 15 is 0 Å². The predicted octanol–water partition coefficient (Wildman–Crippen LogP) is 3.62. The molecule has 0 bridgehead atoms. The molecule has 2 amide bonds. The van der Waals surface area contributed by atoms with Crippen molar-refractivity contribution in [3.8, 4) is 0 Å². The van der Waals surface area contributed by atoms with Gasteiger partial charge in [0.05, 0.1) is 0 Å². The number of benzene rings is 1. The lowest BCUT2D eigenvalue weighted by Crippen LogP contribution is -2.32. The van der Waals surface area contributed by atoms with Crippen molar-refractivity contribution in [3.63, 3.8) is 0 Å². The Morgan fingerprint density at radius 1 is 1.08 bits per heavy atom. The molecule has 0 radical (unpaired) electrons. The molecule has 0 saturated carbocycles. The molecule has 1 fully saturated rings. The molecule has 0 spiro atoms. The molecule has 1 unspecified atom stereocenters. The van der Waals surface area contributed by atoms with Crippen LogP contribution in [0.3, 0.4) is 0 Å². The molecule has 138 valence electrons. The SMILES string of the molecule is CC(CNC(=O)CCCC(=O)N1CCCCCC1)c1ccc(F)cc1. The van der Waals surface area contributed by atoms with E-state index in [0.717, 1.165) is 31.5 Å². The lowest BCUT2D eigenvalue weighted by Gasteiger charge is -2.20. The van der Waals surface area contributed by atoms with E-state index in [1.165, 1.54) is 25.0 Å². The minimum Gasteiger partial charge on any atom is -0.356 e. The number of likely N-dealkylation sites (tertiary alicyclic amines) is 1. The van der Waals surface area contributed by atoms with Crippen LogP contribution in [0.2, 0.25) is 0 Å². The number of carbonyl (C=O) groups is 2. The van der Waals surface area contributed by atoms with E-state index < -0.39 is 0 Å². The number of nitrogens with one attached hydrogen (secondary N) is 1. The van der Waals surface area contributed by atoms with Gasteiger partial charge in [0.15, 0.2) is 0 Å². The van der Waals surface area contributed by atoms with E-state index in [4.69, 9.17) is 0 Å². The van der Waals surface area contributed by atoms with Gasteiger partial charge in [0.1, 0.15) is 5.82 Å². The van der Waals surface area contributed by atoms with Crippen molar-refractivity contribution in [1.82, 2.24) is 10.2 Å². The van der Waals surface area contributed by atoms with Gasteiger partial charge in [-0.1, -0.05) is 31.9 Å². The average molecular weight is 348 g/mol. The number of carbonyl (C=O) groups excluding carboxylic acids is 2. The Labute approximate surface area is 149 Å². The Morgan fingerprint density at radius 2 is 1.72 bits per heavy atom. The second-order valence-corrected chi connectivity index (χ2v) is 6.91. The summed E-state index contributed by atoms with van der Waals surface area (Å²) < 4.78 is 12.9. The van der Waals surface area contributed by atoms with Crippen molar-refractivity contribution in [2.45, 2.75) is 57.8 Å². The number of hydrogen-bond acceptors (Lipinski definition) is 2. The molecular formula is C20H29FN2O2. The van der Waals surface area contributed by atoms with Crippen molar-refractivity contribution in [3.05, 3.63) is 35.6 Å². The molecule has 1 heterocycles. The van der Waals surface area contributed by atoms with Crippen LogP contribution in [0.5, 0.6) is 0 Å². The Kier molecular flexibility index (Phi) is 7.89. The molecule has 25 heavy (non-hydrogen) atoms. The monoisotopic (exact) mass is 348 g/mol. The Bertz CT molecular complexity index is 551. The Morgan fingerprint density at radius 3 is 2.36 bits per heavy atom. The smallest absolute Gasteiger partial charge is 0.222 e. The largest absolute Gasteiger partial charge is 0.356 e. The highest BCUT2D eigenvalue weighted by Crippen LogP contribution is 2.15. The summed E-state index contributed by atoms with van der Waals surface area (Å²) in [6.45, 7) is 4.24. The molecule has 0 aliphatic carbocycles. The fraction of sp³-hybridized carbons (Fsp3) is 0.600. The van der Waals surface area contributed by atoms with Crippen LogP contribution in [0.25, 0.3) is 0 Å². The summed E-state index contributed by atoms with van der Waals surface area (Å²) in [6.07, 6.45) is 6.00. The third-order valence-electron chi connectivity index (χ3n) is 4.80. The summed E-state index contributed by atoms with van der Waals surface area (Å²) in [5.74, 6) is 0.0179. The summed E-state index contributed by atoms with van der Waals surface area (Å²) in [5.41, 5.74) is 0.998. The zero-order valence-corrected chi connectivity index (χ0v) is 15.1. The van der Waals surface area contributed by atoms with Crippen LogP contribution in [0.4, 0.5) is 4.39 Å². The molecule has 1 N–H and O–H groups in total. The van der Waals surface area contributed by atoms with Crippen LogP contribution >= 0.6 is 0 Å². The van der Waals surface area contributed by atoms with Crippen molar-refractivity contribution < 1.29 is 14.0 Å². The predicted molar refractivity (Wildman–Crippen MR) is 96.7 cm³/mol. The molecule has 1 aliphatic heterocycles. The third-order valence-corrected chi connectivity index (χ3v) is 4.80. The van der Waals surface area contributed by atoms with Crippen LogP contribution < -0.4 is 5.32 Å².